The quantitative estimate of drug-likeness (QED) is 0.370. The maximum absolute atomic E-state index is 2.32. The van der Waals surface area contributed by atoms with Gasteiger partial charge < -0.3 is 7.43 Å². The molecule has 0 aromatic heterocycles. The molecule has 19 heavy (non-hydrogen) atoms. The van der Waals surface area contributed by atoms with E-state index in [-0.39, 0.29) is 12.8 Å². The second-order valence-electron chi connectivity index (χ2n) is 5.45. The zero-order valence-electron chi connectivity index (χ0n) is 12.6. The zero-order valence-corrected chi connectivity index (χ0v) is 19.0. The Morgan fingerprint density at radius 3 is 2.32 bits per heavy atom. The van der Waals surface area contributed by atoms with Crippen molar-refractivity contribution in [1.82, 2.24) is 0 Å². The van der Waals surface area contributed by atoms with Gasteiger partial charge in [0.25, 0.3) is 0 Å². The average Bonchev–Trinajstić information content (AvgIpc) is 2.51. The van der Waals surface area contributed by atoms with Crippen LogP contribution in [0.3, 0.4) is 0 Å². The minimum absolute atomic E-state index is 0. The molecule has 0 saturated heterocycles. The van der Waals surface area contributed by atoms with E-state index in [4.69, 9.17) is 0 Å². The van der Waals surface area contributed by atoms with E-state index in [1.165, 1.54) is 27.7 Å². The molecule has 0 radical (unpaired) electrons. The summed E-state index contributed by atoms with van der Waals surface area (Å²) in [4.78, 5) is 0. The molecule has 0 bridgehead atoms. The molecule has 0 fully saturated rings. The molecule has 0 saturated carbocycles. The van der Waals surface area contributed by atoms with Crippen molar-refractivity contribution >= 4 is 22.2 Å². The Kier molecular flexibility index (Phi) is 3.22. The molecule has 1 nitrogen and oxygen atoms in total. The summed E-state index contributed by atoms with van der Waals surface area (Å²) in [5.74, 6) is 0. The number of benzene rings is 2. The van der Waals surface area contributed by atoms with Crippen LogP contribution in [0.25, 0.3) is 10.8 Å². The van der Waals surface area contributed by atoms with Crippen molar-refractivity contribution in [1.29, 1.82) is 0 Å². The van der Waals surface area contributed by atoms with Crippen LogP contribution in [0, 0.1) is 7.43 Å². The fourth-order valence-electron chi connectivity index (χ4n) is 2.98. The Morgan fingerprint density at radius 1 is 1.00 bits per heavy atom. The largest absolute Gasteiger partial charge is 0.358 e. The van der Waals surface area contributed by atoms with Crippen LogP contribution >= 0.6 is 0 Å². The van der Waals surface area contributed by atoms with Crippen LogP contribution in [0.15, 0.2) is 36.4 Å². The number of hydrogen-bond donors (Lipinski definition) is 0. The summed E-state index contributed by atoms with van der Waals surface area (Å²) in [5, 5.41) is 2.72. The van der Waals surface area contributed by atoms with Crippen LogP contribution in [0.4, 0.5) is 5.69 Å². The molecule has 2 aromatic rings. The Bertz CT molecular complexity index is 653. The maximum Gasteiger partial charge on any atom is 0.209 e. The molecule has 0 aliphatic carbocycles. The summed E-state index contributed by atoms with van der Waals surface area (Å²) in [6.45, 7) is 6.86. The van der Waals surface area contributed by atoms with Gasteiger partial charge in [0.1, 0.15) is 7.05 Å². The molecule has 2 aromatic carbocycles. The van der Waals surface area contributed by atoms with Crippen LogP contribution in [0.5, 0.6) is 0 Å². The van der Waals surface area contributed by atoms with Gasteiger partial charge in [-0.2, -0.15) is 0 Å². The van der Waals surface area contributed by atoms with Crippen LogP contribution in [0.1, 0.15) is 26.3 Å². The van der Waals surface area contributed by atoms with Gasteiger partial charge in [-0.25, -0.2) is 4.58 Å². The first-order valence-corrected chi connectivity index (χ1v) is 6.13. The molecule has 0 spiro atoms. The SMILES string of the molecule is CC1=[N+](C)c2ccc3ccccc3c2C1(C)C.[CH3-].[Rf]. The third-order valence-electron chi connectivity index (χ3n) is 4.30. The van der Waals surface area contributed by atoms with E-state index in [2.05, 4.69) is 68.8 Å². The van der Waals surface area contributed by atoms with Gasteiger partial charge >= 0.3 is 0 Å². The number of hydrogen-bond acceptors (Lipinski definition) is 0. The molecule has 1 aliphatic heterocycles. The zero-order chi connectivity index (χ0) is 12.2. The minimum Gasteiger partial charge on any atom is -0.358 e. The van der Waals surface area contributed by atoms with Gasteiger partial charge in [0.05, 0.1) is 5.41 Å². The van der Waals surface area contributed by atoms with Crippen LogP contribution in [0.2, 0.25) is 0 Å². The van der Waals surface area contributed by atoms with Crippen LogP contribution in [-0.2, 0) is 5.41 Å². The van der Waals surface area contributed by atoms with Gasteiger partial charge in [-0.1, -0.05) is 24.3 Å². The summed E-state index contributed by atoms with van der Waals surface area (Å²) < 4.78 is 2.32. The van der Waals surface area contributed by atoms with E-state index in [1.807, 2.05) is 0 Å². The fraction of sp³-hybridized carbons (Fsp3) is 0.294. The molecular formula is C17H21NRf. The first-order valence-electron chi connectivity index (χ1n) is 6.13. The number of fused-ring (bicyclic) bond motifs is 3. The Balaban J connectivity index is 0.000000902. The predicted molar refractivity (Wildman–Crippen MR) is 79.9 cm³/mol. The number of nitrogens with zero attached hydrogens (tertiary/aromatic N) is 1. The van der Waals surface area contributed by atoms with E-state index < -0.39 is 0 Å². The summed E-state index contributed by atoms with van der Waals surface area (Å²) in [6, 6.07) is 13.1. The Hall–Kier alpha value is -2.63. The van der Waals surface area contributed by atoms with E-state index in [9.17, 15) is 0 Å². The van der Waals surface area contributed by atoms with Crippen molar-refractivity contribution in [3.63, 3.8) is 0 Å². The molecule has 0 amide bonds. The molecule has 96 valence electrons. The van der Waals surface area contributed by atoms with Gasteiger partial charge in [0.15, 0.2) is 5.71 Å². The van der Waals surface area contributed by atoms with Gasteiger partial charge in [-0.05, 0) is 30.7 Å². The standard InChI is InChI=1S/C16H18N.CH3.Rf/c1-11-16(2,3)15-13-8-6-5-7-12(13)9-10-14(15)17(11)4;;/h5-10H,1-4H3;1H3;/q+1;-1;. The first kappa shape index (κ1) is 14.4. The average molecular weight is 506 g/mol. The van der Waals surface area contributed by atoms with Crippen molar-refractivity contribution in [3.05, 3.63) is 49.4 Å². The van der Waals surface area contributed by atoms with Crippen LogP contribution in [-0.4, -0.2) is 17.3 Å². The van der Waals surface area contributed by atoms with E-state index in [1.54, 1.807) is 0 Å². The third kappa shape index (κ3) is 1.61. The smallest absolute Gasteiger partial charge is 0.209 e. The monoisotopic (exact) mass is 506 g/mol. The second kappa shape index (κ2) is 4.24. The van der Waals surface area contributed by atoms with Gasteiger partial charge in [-0.3, -0.25) is 0 Å². The molecule has 3 rings (SSSR count). The van der Waals surface area contributed by atoms with Crippen molar-refractivity contribution in [3.8, 4) is 0 Å². The molecule has 2 heteroatoms. The van der Waals surface area contributed by atoms with Crippen molar-refractivity contribution in [2.75, 3.05) is 7.05 Å². The first-order chi connectivity index (χ1) is 8.03. The van der Waals surface area contributed by atoms with Gasteiger partial charge in [0, 0.05) is 18.6 Å². The number of rotatable bonds is 0. The van der Waals surface area contributed by atoms with Crippen LogP contribution < -0.4 is 0 Å². The minimum atomic E-state index is 0. The summed E-state index contributed by atoms with van der Waals surface area (Å²) in [6.07, 6.45) is 0. The van der Waals surface area contributed by atoms with Gasteiger partial charge in [-0.15, -0.1) is 0 Å². The molecule has 0 atom stereocenters. The van der Waals surface area contributed by atoms with Gasteiger partial charge in [0.2, 0.25) is 5.69 Å². The normalized spacial score (nSPS) is 15.8. The molecule has 0 unspecified atom stereocenters. The maximum atomic E-state index is 2.32. The topological polar surface area (TPSA) is 3.01 Å². The van der Waals surface area contributed by atoms with E-state index >= 15 is 0 Å². The van der Waals surface area contributed by atoms with E-state index in [0.717, 1.165) is 0 Å². The molecule has 1 heterocycles. The van der Waals surface area contributed by atoms with Crippen molar-refractivity contribution in [2.45, 2.75) is 26.2 Å². The molecule has 1 aliphatic rings. The summed E-state index contributed by atoms with van der Waals surface area (Å²) in [7, 11) is 2.16. The molecular weight excluding hydrogens is 485 g/mol. The second-order valence-corrected chi connectivity index (χ2v) is 5.45. The predicted octanol–water partition coefficient (Wildman–Crippen LogP) is 4.32. The fourth-order valence-corrected chi connectivity index (χ4v) is 2.98. The summed E-state index contributed by atoms with van der Waals surface area (Å²) in [5.41, 5.74) is 4.37. The summed E-state index contributed by atoms with van der Waals surface area (Å²) >= 11 is 0. The van der Waals surface area contributed by atoms with Crippen molar-refractivity contribution in [2.24, 2.45) is 0 Å². The Morgan fingerprint density at radius 2 is 1.63 bits per heavy atom. The third-order valence-corrected chi connectivity index (χ3v) is 4.30. The Labute approximate surface area is 110 Å². The van der Waals surface area contributed by atoms with Crippen molar-refractivity contribution < 1.29 is 4.58 Å². The molecule has 0 N–H and O–H groups in total. The van der Waals surface area contributed by atoms with E-state index in [0.29, 0.717) is 0 Å².